The Morgan fingerprint density at radius 1 is 0.840 bits per heavy atom. The summed E-state index contributed by atoms with van der Waals surface area (Å²) in [7, 11) is 0. The summed E-state index contributed by atoms with van der Waals surface area (Å²) in [6.07, 6.45) is 17.6. The van der Waals surface area contributed by atoms with Crippen molar-refractivity contribution in [2.24, 2.45) is 64.1 Å². The lowest BCUT2D eigenvalue weighted by Crippen LogP contribution is -2.57. The summed E-state index contributed by atoms with van der Waals surface area (Å²) in [5.74, 6) is 6.03. The molecular formula is C23H30O2. The molecule has 0 radical (unpaired) electrons. The maximum absolute atomic E-state index is 12.1. The van der Waals surface area contributed by atoms with Crippen molar-refractivity contribution in [1.29, 1.82) is 0 Å². The lowest BCUT2D eigenvalue weighted by molar-refractivity contribution is -0.165. The molecule has 7 atom stereocenters. The Kier molecular flexibility index (Phi) is 2.40. The number of carbonyl (C=O) groups is 1. The van der Waals surface area contributed by atoms with Crippen LogP contribution in [-0.2, 0) is 4.79 Å². The maximum atomic E-state index is 12.1. The summed E-state index contributed by atoms with van der Waals surface area (Å²) in [6, 6.07) is 0. The Balaban J connectivity index is 1.38. The van der Waals surface area contributed by atoms with Crippen molar-refractivity contribution < 1.29 is 9.90 Å². The van der Waals surface area contributed by atoms with Crippen molar-refractivity contribution in [3.8, 4) is 0 Å². The molecule has 7 unspecified atom stereocenters. The molecule has 0 aromatic rings. The molecule has 0 aliphatic heterocycles. The summed E-state index contributed by atoms with van der Waals surface area (Å²) in [4.78, 5) is 12.1. The van der Waals surface area contributed by atoms with E-state index in [9.17, 15) is 9.90 Å². The first kappa shape index (κ1) is 14.3. The molecule has 0 aromatic heterocycles. The first-order chi connectivity index (χ1) is 12.1. The number of hydrogen-bond acceptors (Lipinski definition) is 1. The normalized spacial score (nSPS) is 65.0. The van der Waals surface area contributed by atoms with Crippen LogP contribution in [0.25, 0.3) is 0 Å². The Hall–Kier alpha value is -0.790. The van der Waals surface area contributed by atoms with Gasteiger partial charge in [-0.05, 0) is 116 Å². The van der Waals surface area contributed by atoms with E-state index >= 15 is 0 Å². The summed E-state index contributed by atoms with van der Waals surface area (Å²) in [5, 5.41) is 10.0. The molecule has 0 spiro atoms. The van der Waals surface area contributed by atoms with Crippen LogP contribution in [0.3, 0.4) is 0 Å². The zero-order valence-electron chi connectivity index (χ0n) is 15.1. The van der Waals surface area contributed by atoms with Crippen molar-refractivity contribution in [3.63, 3.8) is 0 Å². The van der Waals surface area contributed by atoms with E-state index in [1.54, 1.807) is 0 Å². The predicted octanol–water partition coefficient (Wildman–Crippen LogP) is 4.75. The number of allylic oxidation sites excluding steroid dienone is 2. The van der Waals surface area contributed by atoms with E-state index in [1.165, 1.54) is 51.4 Å². The minimum atomic E-state index is -0.471. The summed E-state index contributed by atoms with van der Waals surface area (Å²) < 4.78 is 0. The highest BCUT2D eigenvalue weighted by Gasteiger charge is 2.75. The van der Waals surface area contributed by atoms with Crippen molar-refractivity contribution in [2.75, 3.05) is 0 Å². The van der Waals surface area contributed by atoms with Gasteiger partial charge < -0.3 is 5.11 Å². The van der Waals surface area contributed by atoms with Crippen LogP contribution in [0.15, 0.2) is 12.2 Å². The van der Waals surface area contributed by atoms with Gasteiger partial charge in [-0.2, -0.15) is 0 Å². The van der Waals surface area contributed by atoms with Gasteiger partial charge >= 0.3 is 5.97 Å². The molecule has 1 N–H and O–H groups in total. The molecule has 2 heteroatoms. The number of fused-ring (bicyclic) bond motifs is 9. The molecule has 7 fully saturated rings. The molecule has 0 aromatic carbocycles. The fourth-order valence-corrected chi connectivity index (χ4v) is 10.9. The molecule has 8 aliphatic carbocycles. The topological polar surface area (TPSA) is 37.3 Å². The lowest BCUT2D eigenvalue weighted by atomic mass is 9.39. The summed E-state index contributed by atoms with van der Waals surface area (Å²) in [6.45, 7) is 0. The van der Waals surface area contributed by atoms with Crippen LogP contribution in [-0.4, -0.2) is 11.1 Å². The average molecular weight is 338 g/mol. The van der Waals surface area contributed by atoms with Gasteiger partial charge in [0.1, 0.15) is 0 Å². The lowest BCUT2D eigenvalue weighted by Gasteiger charge is -2.65. The van der Waals surface area contributed by atoms with E-state index in [2.05, 4.69) is 12.2 Å². The standard InChI is InChI=1S/C23H30O2/c24-21(25)18-11-23(10-17(18)19-15-1-2-16(6-15)20(19)23)22-7-12-3-13(8-22)5-14(4-12)9-22/h1-2,12-20H,3-11H2,(H,24,25). The van der Waals surface area contributed by atoms with E-state index in [0.717, 1.165) is 47.8 Å². The Morgan fingerprint density at radius 2 is 1.48 bits per heavy atom. The third-order valence-electron chi connectivity index (χ3n) is 10.8. The SMILES string of the molecule is O=C(O)C1CC2(C34CC5CC(CC(C5)C3)C4)CC1C1C3C=CC(C3)C12. The van der Waals surface area contributed by atoms with E-state index in [-0.39, 0.29) is 5.92 Å². The van der Waals surface area contributed by atoms with E-state index < -0.39 is 5.97 Å². The van der Waals surface area contributed by atoms with Gasteiger partial charge in [0.05, 0.1) is 5.92 Å². The van der Waals surface area contributed by atoms with Crippen LogP contribution >= 0.6 is 0 Å². The van der Waals surface area contributed by atoms with Gasteiger partial charge in [0, 0.05) is 0 Å². The quantitative estimate of drug-likeness (QED) is 0.582. The molecule has 0 heterocycles. The minimum Gasteiger partial charge on any atom is -0.481 e. The monoisotopic (exact) mass is 338 g/mol. The van der Waals surface area contributed by atoms with Gasteiger partial charge in [-0.15, -0.1) is 0 Å². The van der Waals surface area contributed by atoms with Crippen LogP contribution in [0.5, 0.6) is 0 Å². The van der Waals surface area contributed by atoms with Crippen LogP contribution in [0.1, 0.15) is 57.8 Å². The molecule has 0 saturated heterocycles. The molecule has 8 bridgehead atoms. The second-order valence-corrected chi connectivity index (χ2v) is 11.4. The predicted molar refractivity (Wildman–Crippen MR) is 94.6 cm³/mol. The van der Waals surface area contributed by atoms with Crippen molar-refractivity contribution in [1.82, 2.24) is 0 Å². The Bertz CT molecular complexity index is 657. The second-order valence-electron chi connectivity index (χ2n) is 11.4. The third-order valence-corrected chi connectivity index (χ3v) is 10.8. The summed E-state index contributed by atoms with van der Waals surface area (Å²) in [5.41, 5.74) is 0.924. The van der Waals surface area contributed by atoms with Gasteiger partial charge in [0.15, 0.2) is 0 Å². The van der Waals surface area contributed by atoms with Gasteiger partial charge in [0.25, 0.3) is 0 Å². The molecule has 134 valence electrons. The largest absolute Gasteiger partial charge is 0.481 e. The highest BCUT2D eigenvalue weighted by Crippen LogP contribution is 2.81. The van der Waals surface area contributed by atoms with E-state index in [1.807, 2.05) is 0 Å². The van der Waals surface area contributed by atoms with Crippen molar-refractivity contribution in [3.05, 3.63) is 12.2 Å². The summed E-state index contributed by atoms with van der Waals surface area (Å²) >= 11 is 0. The molecule has 2 nitrogen and oxygen atoms in total. The van der Waals surface area contributed by atoms with Crippen LogP contribution in [0.4, 0.5) is 0 Å². The number of rotatable bonds is 2. The second kappa shape index (κ2) is 4.20. The average Bonchev–Trinajstić information content (AvgIpc) is 3.31. The van der Waals surface area contributed by atoms with Gasteiger partial charge in [-0.1, -0.05) is 12.2 Å². The minimum absolute atomic E-state index is 0.0259. The smallest absolute Gasteiger partial charge is 0.306 e. The molecule has 0 amide bonds. The van der Waals surface area contributed by atoms with Crippen molar-refractivity contribution in [2.45, 2.75) is 57.8 Å². The highest BCUT2D eigenvalue weighted by atomic mass is 16.4. The fraction of sp³-hybridized carbons (Fsp3) is 0.870. The highest BCUT2D eigenvalue weighted by molar-refractivity contribution is 5.71. The van der Waals surface area contributed by atoms with Crippen molar-refractivity contribution >= 4 is 5.97 Å². The van der Waals surface area contributed by atoms with Gasteiger partial charge in [0.2, 0.25) is 0 Å². The van der Waals surface area contributed by atoms with Crippen LogP contribution in [0, 0.1) is 64.1 Å². The number of carboxylic acid groups (broad SMARTS) is 1. The maximum Gasteiger partial charge on any atom is 0.306 e. The van der Waals surface area contributed by atoms with Gasteiger partial charge in [-0.25, -0.2) is 0 Å². The number of aliphatic carboxylic acids is 1. The molecule has 8 aliphatic rings. The zero-order valence-corrected chi connectivity index (χ0v) is 15.1. The molecular weight excluding hydrogens is 308 g/mol. The molecule has 8 rings (SSSR count). The molecule has 25 heavy (non-hydrogen) atoms. The van der Waals surface area contributed by atoms with E-state index in [4.69, 9.17) is 0 Å². The Morgan fingerprint density at radius 3 is 2.12 bits per heavy atom. The van der Waals surface area contributed by atoms with Gasteiger partial charge in [-0.3, -0.25) is 4.79 Å². The van der Waals surface area contributed by atoms with Crippen LogP contribution in [0.2, 0.25) is 0 Å². The first-order valence-electron chi connectivity index (χ1n) is 11.0. The van der Waals surface area contributed by atoms with E-state index in [0.29, 0.717) is 16.7 Å². The zero-order chi connectivity index (χ0) is 16.6. The fourth-order valence-electron chi connectivity index (χ4n) is 10.9. The number of hydrogen-bond donors (Lipinski definition) is 1. The Labute approximate surface area is 150 Å². The third kappa shape index (κ3) is 1.47. The first-order valence-corrected chi connectivity index (χ1v) is 11.0. The molecule has 7 saturated carbocycles. The number of carboxylic acids is 1. The van der Waals surface area contributed by atoms with Crippen LogP contribution < -0.4 is 0 Å².